The standard InChI is InChI=1S/C18H19N3O2S2/c1-3-12(2)19-15(22)11-25-18-20-16-14(9-10-24-16)17(23)21(18)13-7-5-4-6-8-13/h4-10,12H,3,11H2,1-2H3,(H,19,22)/t12-/m1/s1. The predicted molar refractivity (Wildman–Crippen MR) is 104 cm³/mol. The molecule has 0 unspecified atom stereocenters. The zero-order valence-corrected chi connectivity index (χ0v) is 15.7. The van der Waals surface area contributed by atoms with Crippen LogP contribution in [-0.2, 0) is 4.79 Å². The molecular weight excluding hydrogens is 354 g/mol. The van der Waals surface area contributed by atoms with Gasteiger partial charge in [-0.3, -0.25) is 14.2 Å². The second kappa shape index (κ2) is 7.84. The molecule has 0 aliphatic heterocycles. The number of hydrogen-bond donors (Lipinski definition) is 1. The molecule has 0 radical (unpaired) electrons. The van der Waals surface area contributed by atoms with Gasteiger partial charge in [-0.2, -0.15) is 0 Å². The number of hydrogen-bond acceptors (Lipinski definition) is 5. The van der Waals surface area contributed by atoms with E-state index in [9.17, 15) is 9.59 Å². The second-order valence-electron chi connectivity index (χ2n) is 5.68. The van der Waals surface area contributed by atoms with Gasteiger partial charge in [-0.15, -0.1) is 11.3 Å². The summed E-state index contributed by atoms with van der Waals surface area (Å²) >= 11 is 2.71. The molecule has 7 heteroatoms. The summed E-state index contributed by atoms with van der Waals surface area (Å²) in [6.45, 7) is 4.00. The van der Waals surface area contributed by atoms with Crippen LogP contribution in [0.1, 0.15) is 20.3 Å². The van der Waals surface area contributed by atoms with E-state index in [0.29, 0.717) is 15.4 Å². The molecule has 1 aromatic carbocycles. The van der Waals surface area contributed by atoms with Gasteiger partial charge in [-0.1, -0.05) is 36.9 Å². The second-order valence-corrected chi connectivity index (χ2v) is 7.51. The number of thiophene rings is 1. The molecule has 2 heterocycles. The van der Waals surface area contributed by atoms with Crippen molar-refractivity contribution >= 4 is 39.2 Å². The summed E-state index contributed by atoms with van der Waals surface area (Å²) in [5.41, 5.74) is 0.639. The summed E-state index contributed by atoms with van der Waals surface area (Å²) in [6, 6.07) is 11.3. The monoisotopic (exact) mass is 373 g/mol. The van der Waals surface area contributed by atoms with Crippen molar-refractivity contribution in [1.82, 2.24) is 14.9 Å². The van der Waals surface area contributed by atoms with E-state index in [-0.39, 0.29) is 23.3 Å². The topological polar surface area (TPSA) is 64.0 Å². The van der Waals surface area contributed by atoms with E-state index in [0.717, 1.165) is 12.1 Å². The Morgan fingerprint density at radius 3 is 2.80 bits per heavy atom. The predicted octanol–water partition coefficient (Wildman–Crippen LogP) is 3.45. The highest BCUT2D eigenvalue weighted by Crippen LogP contribution is 2.23. The van der Waals surface area contributed by atoms with Gasteiger partial charge in [0.2, 0.25) is 5.91 Å². The van der Waals surface area contributed by atoms with Gasteiger partial charge < -0.3 is 5.32 Å². The highest BCUT2D eigenvalue weighted by atomic mass is 32.2. The van der Waals surface area contributed by atoms with Crippen LogP contribution in [-0.4, -0.2) is 27.3 Å². The molecule has 25 heavy (non-hydrogen) atoms. The lowest BCUT2D eigenvalue weighted by Gasteiger charge is -2.13. The van der Waals surface area contributed by atoms with Crippen molar-refractivity contribution in [2.45, 2.75) is 31.5 Å². The third-order valence-electron chi connectivity index (χ3n) is 3.83. The minimum absolute atomic E-state index is 0.0560. The number of carbonyl (C=O) groups excluding carboxylic acids is 1. The van der Waals surface area contributed by atoms with Gasteiger partial charge in [0.05, 0.1) is 16.8 Å². The van der Waals surface area contributed by atoms with Gasteiger partial charge in [-0.05, 0) is 36.9 Å². The first-order valence-electron chi connectivity index (χ1n) is 8.08. The summed E-state index contributed by atoms with van der Waals surface area (Å²) in [6.07, 6.45) is 0.879. The maximum Gasteiger partial charge on any atom is 0.267 e. The summed E-state index contributed by atoms with van der Waals surface area (Å²) < 4.78 is 1.58. The van der Waals surface area contributed by atoms with Gasteiger partial charge >= 0.3 is 0 Å². The fourth-order valence-electron chi connectivity index (χ4n) is 2.35. The number of aromatic nitrogens is 2. The largest absolute Gasteiger partial charge is 0.353 e. The molecule has 1 atom stereocenters. The van der Waals surface area contributed by atoms with Crippen LogP contribution in [0, 0.1) is 0 Å². The van der Waals surface area contributed by atoms with Crippen molar-refractivity contribution in [3.8, 4) is 5.69 Å². The maximum atomic E-state index is 12.9. The Balaban J connectivity index is 1.96. The number of para-hydroxylation sites is 1. The molecule has 0 saturated carbocycles. The third kappa shape index (κ3) is 3.93. The lowest BCUT2D eigenvalue weighted by Crippen LogP contribution is -2.33. The van der Waals surface area contributed by atoms with Crippen LogP contribution < -0.4 is 10.9 Å². The van der Waals surface area contributed by atoms with Crippen molar-refractivity contribution in [3.63, 3.8) is 0 Å². The SMILES string of the molecule is CC[C@@H](C)NC(=O)CSc1nc2sccc2c(=O)n1-c1ccccc1. The Bertz CT molecular complexity index is 934. The van der Waals surface area contributed by atoms with Crippen molar-refractivity contribution < 1.29 is 4.79 Å². The molecule has 0 spiro atoms. The van der Waals surface area contributed by atoms with Gasteiger partial charge in [0.25, 0.3) is 5.56 Å². The van der Waals surface area contributed by atoms with Crippen molar-refractivity contribution in [2.24, 2.45) is 0 Å². The van der Waals surface area contributed by atoms with Crippen molar-refractivity contribution in [2.75, 3.05) is 5.75 Å². The van der Waals surface area contributed by atoms with Gasteiger partial charge in [0.1, 0.15) is 4.83 Å². The smallest absolute Gasteiger partial charge is 0.267 e. The zero-order chi connectivity index (χ0) is 17.8. The number of thioether (sulfide) groups is 1. The highest BCUT2D eigenvalue weighted by molar-refractivity contribution is 7.99. The van der Waals surface area contributed by atoms with E-state index in [1.807, 2.05) is 49.6 Å². The maximum absolute atomic E-state index is 12.9. The number of fused-ring (bicyclic) bond motifs is 1. The minimum Gasteiger partial charge on any atom is -0.353 e. The molecule has 0 aliphatic rings. The van der Waals surface area contributed by atoms with Crippen molar-refractivity contribution in [1.29, 1.82) is 0 Å². The first-order valence-corrected chi connectivity index (χ1v) is 9.94. The lowest BCUT2D eigenvalue weighted by molar-refractivity contribution is -0.119. The number of amides is 1. The van der Waals surface area contributed by atoms with E-state index >= 15 is 0 Å². The van der Waals surface area contributed by atoms with Crippen LogP contribution in [0.5, 0.6) is 0 Å². The van der Waals surface area contributed by atoms with E-state index in [1.165, 1.54) is 23.1 Å². The summed E-state index contributed by atoms with van der Waals surface area (Å²) in [4.78, 5) is 30.3. The molecule has 0 fully saturated rings. The Morgan fingerprint density at radius 2 is 2.08 bits per heavy atom. The molecule has 0 saturated heterocycles. The number of rotatable bonds is 6. The molecule has 130 valence electrons. The average molecular weight is 374 g/mol. The fourth-order valence-corrected chi connectivity index (χ4v) is 3.97. The molecular formula is C18H19N3O2S2. The summed E-state index contributed by atoms with van der Waals surface area (Å²) in [7, 11) is 0. The van der Waals surface area contributed by atoms with Crippen LogP contribution >= 0.6 is 23.1 Å². The van der Waals surface area contributed by atoms with Gasteiger partial charge in [0, 0.05) is 6.04 Å². The number of nitrogens with zero attached hydrogens (tertiary/aromatic N) is 2. The Morgan fingerprint density at radius 1 is 1.32 bits per heavy atom. The Kier molecular flexibility index (Phi) is 5.55. The van der Waals surface area contributed by atoms with E-state index in [2.05, 4.69) is 10.3 Å². The molecule has 0 bridgehead atoms. The molecule has 3 aromatic rings. The molecule has 3 rings (SSSR count). The molecule has 1 N–H and O–H groups in total. The summed E-state index contributed by atoms with van der Waals surface area (Å²) in [5, 5.41) is 5.93. The van der Waals surface area contributed by atoms with Gasteiger partial charge in [-0.25, -0.2) is 4.98 Å². The average Bonchev–Trinajstić information content (AvgIpc) is 3.09. The van der Waals surface area contributed by atoms with Crippen LogP contribution in [0.4, 0.5) is 0 Å². The molecule has 2 aromatic heterocycles. The fraction of sp³-hybridized carbons (Fsp3) is 0.278. The minimum atomic E-state index is -0.109. The normalized spacial score (nSPS) is 12.2. The van der Waals surface area contributed by atoms with Crippen molar-refractivity contribution in [3.05, 3.63) is 52.1 Å². The Labute approximate surface area is 154 Å². The van der Waals surface area contributed by atoms with Crippen LogP contribution in [0.25, 0.3) is 15.9 Å². The van der Waals surface area contributed by atoms with E-state index in [1.54, 1.807) is 10.6 Å². The highest BCUT2D eigenvalue weighted by Gasteiger charge is 2.15. The van der Waals surface area contributed by atoms with Crippen LogP contribution in [0.3, 0.4) is 0 Å². The van der Waals surface area contributed by atoms with E-state index < -0.39 is 0 Å². The number of benzene rings is 1. The van der Waals surface area contributed by atoms with Gasteiger partial charge in [0.15, 0.2) is 5.16 Å². The molecule has 1 amide bonds. The van der Waals surface area contributed by atoms with E-state index in [4.69, 9.17) is 0 Å². The third-order valence-corrected chi connectivity index (χ3v) is 5.58. The number of nitrogens with one attached hydrogen (secondary N) is 1. The Hall–Kier alpha value is -2.12. The quantitative estimate of drug-likeness (QED) is 0.531. The zero-order valence-electron chi connectivity index (χ0n) is 14.1. The summed E-state index contributed by atoms with van der Waals surface area (Å²) in [5.74, 6) is 0.167. The molecule has 0 aliphatic carbocycles. The van der Waals surface area contributed by atoms with Crippen LogP contribution in [0.15, 0.2) is 51.7 Å². The first-order chi connectivity index (χ1) is 12.1. The number of carbonyl (C=O) groups is 1. The van der Waals surface area contributed by atoms with Crippen LogP contribution in [0.2, 0.25) is 0 Å². The lowest BCUT2D eigenvalue weighted by atomic mass is 10.3. The first kappa shape index (κ1) is 17.7. The molecule has 5 nitrogen and oxygen atoms in total.